The molecule has 0 fully saturated rings. The third-order valence-electron chi connectivity index (χ3n) is 2.05. The van der Waals surface area contributed by atoms with Gasteiger partial charge in [-0.05, 0) is 25.0 Å². The van der Waals surface area contributed by atoms with Crippen LogP contribution in [0, 0.1) is 0 Å². The van der Waals surface area contributed by atoms with Gasteiger partial charge in [-0.2, -0.15) is 0 Å². The highest BCUT2D eigenvalue weighted by Crippen LogP contribution is 2.10. The van der Waals surface area contributed by atoms with Gasteiger partial charge in [0.1, 0.15) is 5.76 Å². The average molecular weight is 196 g/mol. The molecule has 0 aliphatic heterocycles. The summed E-state index contributed by atoms with van der Waals surface area (Å²) in [6, 6.07) is 3.82. The Labute approximate surface area is 85.1 Å². The van der Waals surface area contributed by atoms with Gasteiger partial charge in [-0.25, -0.2) is 0 Å². The van der Waals surface area contributed by atoms with Crippen molar-refractivity contribution >= 4 is 17.1 Å². The van der Waals surface area contributed by atoms with E-state index in [1.54, 1.807) is 6.26 Å². The summed E-state index contributed by atoms with van der Waals surface area (Å²) < 4.78 is 5.21. The monoisotopic (exact) mass is 196 g/mol. The lowest BCUT2D eigenvalue weighted by molar-refractivity contribution is 0.556. The normalized spacial score (nSPS) is 10.2. The van der Waals surface area contributed by atoms with Crippen LogP contribution in [0.2, 0.25) is 0 Å². The maximum Gasteiger partial charge on any atom is 0.140 e. The molecule has 1 rings (SSSR count). The van der Waals surface area contributed by atoms with E-state index < -0.39 is 0 Å². The SMILES string of the molecule is CCCCCCC(=S)c1ccco1. The van der Waals surface area contributed by atoms with Crippen molar-refractivity contribution in [3.63, 3.8) is 0 Å². The predicted molar refractivity (Wildman–Crippen MR) is 59.2 cm³/mol. The van der Waals surface area contributed by atoms with Gasteiger partial charge in [0.25, 0.3) is 0 Å². The molecule has 0 N–H and O–H groups in total. The highest BCUT2D eigenvalue weighted by molar-refractivity contribution is 7.80. The van der Waals surface area contributed by atoms with Gasteiger partial charge < -0.3 is 4.42 Å². The second-order valence-corrected chi connectivity index (χ2v) is 3.70. The second-order valence-electron chi connectivity index (χ2n) is 3.21. The van der Waals surface area contributed by atoms with E-state index in [4.69, 9.17) is 16.6 Å². The van der Waals surface area contributed by atoms with Crippen LogP contribution in [0.25, 0.3) is 0 Å². The molecule has 0 aliphatic carbocycles. The van der Waals surface area contributed by atoms with Crippen LogP contribution < -0.4 is 0 Å². The molecule has 0 aromatic carbocycles. The highest BCUT2D eigenvalue weighted by atomic mass is 32.1. The van der Waals surface area contributed by atoms with Crippen LogP contribution in [-0.2, 0) is 0 Å². The molecule has 2 heteroatoms. The molecule has 0 radical (unpaired) electrons. The molecule has 0 unspecified atom stereocenters. The lowest BCUT2D eigenvalue weighted by atomic mass is 10.1. The molecule has 13 heavy (non-hydrogen) atoms. The number of rotatable bonds is 6. The maximum absolute atomic E-state index is 5.23. The summed E-state index contributed by atoms with van der Waals surface area (Å²) in [5.41, 5.74) is 0. The zero-order valence-corrected chi connectivity index (χ0v) is 8.90. The Hall–Kier alpha value is -0.630. The molecule has 1 heterocycles. The van der Waals surface area contributed by atoms with Crippen LogP contribution >= 0.6 is 12.2 Å². The third kappa shape index (κ3) is 3.73. The summed E-state index contributed by atoms with van der Waals surface area (Å²) >= 11 is 5.23. The average Bonchev–Trinajstić information content (AvgIpc) is 2.65. The van der Waals surface area contributed by atoms with E-state index in [2.05, 4.69) is 6.92 Å². The van der Waals surface area contributed by atoms with Gasteiger partial charge >= 0.3 is 0 Å². The minimum atomic E-state index is 0.867. The minimum Gasteiger partial charge on any atom is -0.464 e. The Morgan fingerprint density at radius 3 is 2.85 bits per heavy atom. The summed E-state index contributed by atoms with van der Waals surface area (Å²) in [7, 11) is 0. The summed E-state index contributed by atoms with van der Waals surface area (Å²) in [5, 5.41) is 0. The molecule has 0 aliphatic rings. The largest absolute Gasteiger partial charge is 0.464 e. The molecule has 0 spiro atoms. The summed E-state index contributed by atoms with van der Waals surface area (Å²) in [6.45, 7) is 2.21. The van der Waals surface area contributed by atoms with E-state index in [9.17, 15) is 0 Å². The Morgan fingerprint density at radius 2 is 2.23 bits per heavy atom. The number of unbranched alkanes of at least 4 members (excludes halogenated alkanes) is 3. The first-order chi connectivity index (χ1) is 6.34. The van der Waals surface area contributed by atoms with Gasteiger partial charge in [-0.1, -0.05) is 38.4 Å². The zero-order valence-electron chi connectivity index (χ0n) is 8.08. The van der Waals surface area contributed by atoms with E-state index in [1.165, 1.54) is 25.7 Å². The predicted octanol–water partition coefficient (Wildman–Crippen LogP) is 3.97. The molecule has 0 saturated heterocycles. The van der Waals surface area contributed by atoms with Crippen molar-refractivity contribution in [2.24, 2.45) is 0 Å². The van der Waals surface area contributed by atoms with E-state index >= 15 is 0 Å². The van der Waals surface area contributed by atoms with E-state index in [1.807, 2.05) is 12.1 Å². The van der Waals surface area contributed by atoms with E-state index in [0.717, 1.165) is 17.0 Å². The summed E-state index contributed by atoms with van der Waals surface area (Å²) in [5.74, 6) is 0.867. The molecular weight excluding hydrogens is 180 g/mol. The first-order valence-corrected chi connectivity index (χ1v) is 5.32. The van der Waals surface area contributed by atoms with E-state index in [-0.39, 0.29) is 0 Å². The Morgan fingerprint density at radius 1 is 1.38 bits per heavy atom. The van der Waals surface area contributed by atoms with Crippen molar-refractivity contribution in [2.45, 2.75) is 39.0 Å². The smallest absolute Gasteiger partial charge is 0.140 e. The quantitative estimate of drug-likeness (QED) is 0.388. The van der Waals surface area contributed by atoms with Crippen LogP contribution in [0.1, 0.15) is 44.8 Å². The molecule has 1 aromatic rings. The molecule has 0 atom stereocenters. The van der Waals surface area contributed by atoms with Crippen molar-refractivity contribution < 1.29 is 4.42 Å². The van der Waals surface area contributed by atoms with E-state index in [0.29, 0.717) is 0 Å². The van der Waals surface area contributed by atoms with Crippen LogP contribution in [0.3, 0.4) is 0 Å². The first kappa shape index (κ1) is 10.5. The number of hydrogen-bond donors (Lipinski definition) is 0. The van der Waals surface area contributed by atoms with Gasteiger partial charge in [0.05, 0.1) is 11.1 Å². The molecule has 0 saturated carbocycles. The number of thiocarbonyl (C=S) groups is 1. The third-order valence-corrected chi connectivity index (χ3v) is 2.46. The lowest BCUT2D eigenvalue weighted by Gasteiger charge is -1.99. The zero-order chi connectivity index (χ0) is 9.52. The van der Waals surface area contributed by atoms with Crippen LogP contribution in [0.5, 0.6) is 0 Å². The summed E-state index contributed by atoms with van der Waals surface area (Å²) in [6.07, 6.45) is 7.70. The fourth-order valence-corrected chi connectivity index (χ4v) is 1.53. The van der Waals surface area contributed by atoms with Gasteiger partial charge in [-0.15, -0.1) is 0 Å². The number of hydrogen-bond acceptors (Lipinski definition) is 2. The molecule has 1 nitrogen and oxygen atoms in total. The lowest BCUT2D eigenvalue weighted by Crippen LogP contribution is -1.94. The minimum absolute atomic E-state index is 0.867. The van der Waals surface area contributed by atoms with Gasteiger partial charge in [-0.3, -0.25) is 0 Å². The molecular formula is C11H16OS. The standard InChI is InChI=1S/C11H16OS/c1-2-3-4-5-8-11(13)10-7-6-9-12-10/h6-7,9H,2-5,8H2,1H3. The van der Waals surface area contributed by atoms with Crippen LogP contribution in [0.4, 0.5) is 0 Å². The Balaban J connectivity index is 2.19. The topological polar surface area (TPSA) is 13.1 Å². The highest BCUT2D eigenvalue weighted by Gasteiger charge is 2.02. The van der Waals surface area contributed by atoms with Crippen LogP contribution in [0.15, 0.2) is 22.8 Å². The van der Waals surface area contributed by atoms with Crippen LogP contribution in [-0.4, -0.2) is 4.86 Å². The molecule has 72 valence electrons. The van der Waals surface area contributed by atoms with Crippen molar-refractivity contribution in [2.75, 3.05) is 0 Å². The summed E-state index contributed by atoms with van der Waals surface area (Å²) in [4.78, 5) is 0.959. The Kier molecular flexibility index (Phi) is 4.76. The fourth-order valence-electron chi connectivity index (χ4n) is 1.27. The molecule has 0 amide bonds. The fraction of sp³-hybridized carbons (Fsp3) is 0.545. The second kappa shape index (κ2) is 5.92. The van der Waals surface area contributed by atoms with Crippen molar-refractivity contribution in [1.29, 1.82) is 0 Å². The first-order valence-electron chi connectivity index (χ1n) is 4.91. The van der Waals surface area contributed by atoms with Crippen molar-refractivity contribution in [3.8, 4) is 0 Å². The van der Waals surface area contributed by atoms with Crippen molar-refractivity contribution in [1.82, 2.24) is 0 Å². The molecule has 0 bridgehead atoms. The maximum atomic E-state index is 5.23. The number of furan rings is 1. The van der Waals surface area contributed by atoms with Gasteiger partial charge in [0.2, 0.25) is 0 Å². The van der Waals surface area contributed by atoms with Gasteiger partial charge in [0.15, 0.2) is 0 Å². The molecule has 1 aromatic heterocycles. The van der Waals surface area contributed by atoms with Gasteiger partial charge in [0, 0.05) is 0 Å². The Bertz CT molecular complexity index is 239. The van der Waals surface area contributed by atoms with Crippen molar-refractivity contribution in [3.05, 3.63) is 24.2 Å².